The molecule has 1 aliphatic heterocycles. The molecule has 17 heavy (non-hydrogen) atoms. The number of rotatable bonds is 4. The van der Waals surface area contributed by atoms with E-state index in [1.54, 1.807) is 11.7 Å². The first-order valence-corrected chi connectivity index (χ1v) is 5.84. The van der Waals surface area contributed by atoms with Crippen molar-refractivity contribution in [3.05, 3.63) is 35.9 Å². The van der Waals surface area contributed by atoms with E-state index >= 15 is 0 Å². The highest BCUT2D eigenvalue weighted by Crippen LogP contribution is 2.19. The standard InChI is InChI=1S/C13H16BNO2/c1-10(16)13-7-12(8-15(13)14)17-9-11-5-3-2-4-6-11/h2-6,12-13H,7-9H2,1H3/t12-,13-/m0/s1. The molecular weight excluding hydrogens is 213 g/mol. The van der Waals surface area contributed by atoms with E-state index in [1.165, 1.54) is 0 Å². The average molecular weight is 229 g/mol. The van der Waals surface area contributed by atoms with Crippen LogP contribution in [-0.2, 0) is 16.1 Å². The maximum absolute atomic E-state index is 11.3. The lowest BCUT2D eigenvalue weighted by molar-refractivity contribution is -0.120. The molecule has 0 aromatic heterocycles. The van der Waals surface area contributed by atoms with Crippen molar-refractivity contribution in [2.45, 2.75) is 32.1 Å². The molecule has 1 fully saturated rings. The Bertz CT molecular complexity index is 382. The summed E-state index contributed by atoms with van der Waals surface area (Å²) in [5.41, 5.74) is 1.14. The number of hydrogen-bond donors (Lipinski definition) is 0. The van der Waals surface area contributed by atoms with Gasteiger partial charge in [0.05, 0.1) is 18.8 Å². The summed E-state index contributed by atoms with van der Waals surface area (Å²) in [7, 11) is 5.77. The second kappa shape index (κ2) is 5.47. The van der Waals surface area contributed by atoms with Crippen LogP contribution in [0.3, 0.4) is 0 Å². The number of nitrogens with zero attached hydrogens (tertiary/aromatic N) is 1. The Morgan fingerprint density at radius 2 is 2.18 bits per heavy atom. The Morgan fingerprint density at radius 3 is 2.76 bits per heavy atom. The summed E-state index contributed by atoms with van der Waals surface area (Å²) < 4.78 is 5.77. The van der Waals surface area contributed by atoms with Crippen LogP contribution < -0.4 is 0 Å². The molecule has 1 heterocycles. The molecule has 1 aromatic rings. The molecule has 0 N–H and O–H groups in total. The summed E-state index contributed by atoms with van der Waals surface area (Å²) >= 11 is 0. The van der Waals surface area contributed by atoms with E-state index in [2.05, 4.69) is 0 Å². The number of benzene rings is 1. The highest BCUT2D eigenvalue weighted by atomic mass is 16.5. The zero-order chi connectivity index (χ0) is 12.3. The Morgan fingerprint density at radius 1 is 1.47 bits per heavy atom. The topological polar surface area (TPSA) is 29.5 Å². The molecule has 2 radical (unpaired) electrons. The maximum atomic E-state index is 11.3. The predicted molar refractivity (Wildman–Crippen MR) is 66.6 cm³/mol. The van der Waals surface area contributed by atoms with Crippen molar-refractivity contribution in [1.82, 2.24) is 4.81 Å². The highest BCUT2D eigenvalue weighted by Gasteiger charge is 2.32. The molecule has 0 spiro atoms. The van der Waals surface area contributed by atoms with Crippen molar-refractivity contribution in [3.63, 3.8) is 0 Å². The summed E-state index contributed by atoms with van der Waals surface area (Å²) in [6.07, 6.45) is 0.743. The number of carbonyl (C=O) groups is 1. The van der Waals surface area contributed by atoms with Gasteiger partial charge in [0.15, 0.2) is 7.98 Å². The predicted octanol–water partition coefficient (Wildman–Crippen LogP) is 1.32. The molecule has 3 nitrogen and oxygen atoms in total. The van der Waals surface area contributed by atoms with E-state index in [1.807, 2.05) is 30.3 Å². The minimum atomic E-state index is -0.184. The quantitative estimate of drug-likeness (QED) is 0.729. The third-order valence-electron chi connectivity index (χ3n) is 3.10. The first-order valence-electron chi connectivity index (χ1n) is 5.84. The van der Waals surface area contributed by atoms with Gasteiger partial charge in [-0.2, -0.15) is 0 Å². The van der Waals surface area contributed by atoms with Gasteiger partial charge >= 0.3 is 0 Å². The Labute approximate surface area is 103 Å². The van der Waals surface area contributed by atoms with Crippen molar-refractivity contribution in [3.8, 4) is 0 Å². The van der Waals surface area contributed by atoms with Crippen molar-refractivity contribution < 1.29 is 9.53 Å². The molecule has 0 saturated carbocycles. The molecule has 88 valence electrons. The van der Waals surface area contributed by atoms with E-state index in [0.717, 1.165) is 5.56 Å². The van der Waals surface area contributed by atoms with Crippen LogP contribution >= 0.6 is 0 Å². The molecule has 0 aliphatic carbocycles. The SMILES string of the molecule is [B]N1C[C@@H](OCc2ccccc2)C[C@H]1C(C)=O. The lowest BCUT2D eigenvalue weighted by Crippen LogP contribution is -2.32. The molecule has 0 unspecified atom stereocenters. The zero-order valence-corrected chi connectivity index (χ0v) is 10.0. The van der Waals surface area contributed by atoms with Gasteiger partial charge in [-0.15, -0.1) is 0 Å². The van der Waals surface area contributed by atoms with Crippen molar-refractivity contribution in [2.75, 3.05) is 6.54 Å². The van der Waals surface area contributed by atoms with E-state index in [-0.39, 0.29) is 17.9 Å². The number of hydrogen-bond acceptors (Lipinski definition) is 3. The Balaban J connectivity index is 1.84. The third kappa shape index (κ3) is 3.17. The normalized spacial score (nSPS) is 25.0. The summed E-state index contributed by atoms with van der Waals surface area (Å²) in [6.45, 7) is 2.77. The molecule has 4 heteroatoms. The van der Waals surface area contributed by atoms with E-state index < -0.39 is 0 Å². The minimum Gasteiger partial charge on any atom is -0.372 e. The highest BCUT2D eigenvalue weighted by molar-refractivity contribution is 6.07. The molecular formula is C13H16BNO2. The number of carbonyl (C=O) groups excluding carboxylic acids is 1. The number of ketones is 1. The summed E-state index contributed by atoms with van der Waals surface area (Å²) in [4.78, 5) is 12.9. The van der Waals surface area contributed by atoms with Gasteiger partial charge < -0.3 is 9.55 Å². The molecule has 1 saturated heterocycles. The molecule has 1 aromatic carbocycles. The third-order valence-corrected chi connectivity index (χ3v) is 3.10. The van der Waals surface area contributed by atoms with Gasteiger partial charge in [-0.05, 0) is 18.9 Å². The van der Waals surface area contributed by atoms with Crippen molar-refractivity contribution in [2.24, 2.45) is 0 Å². The Hall–Kier alpha value is -1.13. The zero-order valence-electron chi connectivity index (χ0n) is 10.0. The van der Waals surface area contributed by atoms with Crippen LogP contribution in [0.5, 0.6) is 0 Å². The van der Waals surface area contributed by atoms with Crippen molar-refractivity contribution >= 4 is 13.8 Å². The van der Waals surface area contributed by atoms with E-state index in [9.17, 15) is 4.79 Å². The summed E-state index contributed by atoms with van der Waals surface area (Å²) in [5, 5.41) is 0. The first-order chi connectivity index (χ1) is 8.16. The lowest BCUT2D eigenvalue weighted by atomic mass is 10.1. The smallest absolute Gasteiger partial charge is 0.183 e. The fourth-order valence-corrected chi connectivity index (χ4v) is 2.13. The summed E-state index contributed by atoms with van der Waals surface area (Å²) in [6, 6.07) is 9.82. The van der Waals surface area contributed by atoms with Gasteiger partial charge in [-0.25, -0.2) is 0 Å². The van der Waals surface area contributed by atoms with Crippen LogP contribution in [-0.4, -0.2) is 37.3 Å². The van der Waals surface area contributed by atoms with Gasteiger partial charge in [0, 0.05) is 6.54 Å². The molecule has 2 atom stereocenters. The maximum Gasteiger partial charge on any atom is 0.183 e. The second-order valence-corrected chi connectivity index (χ2v) is 4.48. The van der Waals surface area contributed by atoms with Gasteiger partial charge in [0.25, 0.3) is 0 Å². The number of Topliss-reactive ketones (excluding diaryl/α,β-unsaturated/α-hetero) is 1. The lowest BCUT2D eigenvalue weighted by Gasteiger charge is -2.15. The van der Waals surface area contributed by atoms with Crippen LogP contribution in [0.4, 0.5) is 0 Å². The van der Waals surface area contributed by atoms with Gasteiger partial charge in [0.2, 0.25) is 0 Å². The van der Waals surface area contributed by atoms with Crippen LogP contribution in [0.2, 0.25) is 0 Å². The molecule has 0 amide bonds. The van der Waals surface area contributed by atoms with E-state index in [0.29, 0.717) is 19.6 Å². The number of ether oxygens (including phenoxy) is 1. The van der Waals surface area contributed by atoms with Crippen molar-refractivity contribution in [1.29, 1.82) is 0 Å². The van der Waals surface area contributed by atoms with Gasteiger partial charge in [-0.3, -0.25) is 4.79 Å². The fourth-order valence-electron chi connectivity index (χ4n) is 2.13. The average Bonchev–Trinajstić information content (AvgIpc) is 2.69. The first kappa shape index (κ1) is 12.3. The molecule has 0 bridgehead atoms. The summed E-state index contributed by atoms with van der Waals surface area (Å²) in [5.74, 6) is 0.110. The molecule has 2 rings (SSSR count). The van der Waals surface area contributed by atoms with Crippen LogP contribution in [0.15, 0.2) is 30.3 Å². The van der Waals surface area contributed by atoms with E-state index in [4.69, 9.17) is 12.7 Å². The second-order valence-electron chi connectivity index (χ2n) is 4.48. The van der Waals surface area contributed by atoms with Gasteiger partial charge in [0.1, 0.15) is 5.78 Å². The fraction of sp³-hybridized carbons (Fsp3) is 0.462. The van der Waals surface area contributed by atoms with Crippen LogP contribution in [0.1, 0.15) is 18.9 Å². The largest absolute Gasteiger partial charge is 0.372 e. The molecule has 1 aliphatic rings. The Kier molecular flexibility index (Phi) is 3.97. The van der Waals surface area contributed by atoms with Crippen LogP contribution in [0, 0.1) is 0 Å². The van der Waals surface area contributed by atoms with Crippen LogP contribution in [0.25, 0.3) is 0 Å². The van der Waals surface area contributed by atoms with Gasteiger partial charge in [-0.1, -0.05) is 30.3 Å². The minimum absolute atomic E-state index is 0.0501. The monoisotopic (exact) mass is 229 g/mol.